The highest BCUT2D eigenvalue weighted by Gasteiger charge is 2.48. The van der Waals surface area contributed by atoms with Gasteiger partial charge in [-0.3, -0.25) is 9.59 Å². The first-order chi connectivity index (χ1) is 8.52. The summed E-state index contributed by atoms with van der Waals surface area (Å²) in [6.45, 7) is 6.57. The fraction of sp³-hybridized carbons (Fsp3) is 0.857. The van der Waals surface area contributed by atoms with E-state index in [-0.39, 0.29) is 17.9 Å². The molecule has 2 unspecified atom stereocenters. The van der Waals surface area contributed by atoms with E-state index in [9.17, 15) is 9.59 Å². The Labute approximate surface area is 109 Å². The van der Waals surface area contributed by atoms with E-state index >= 15 is 0 Å². The van der Waals surface area contributed by atoms with E-state index in [0.29, 0.717) is 18.8 Å². The highest BCUT2D eigenvalue weighted by Crippen LogP contribution is 2.33. The summed E-state index contributed by atoms with van der Waals surface area (Å²) >= 11 is 0. The van der Waals surface area contributed by atoms with Crippen LogP contribution in [-0.2, 0) is 9.59 Å². The van der Waals surface area contributed by atoms with Gasteiger partial charge in [0, 0.05) is 6.54 Å². The Bertz CT molecular complexity index is 352. The Kier molecular flexibility index (Phi) is 3.64. The molecule has 2 fully saturated rings. The molecule has 1 aliphatic carbocycles. The molecule has 0 aromatic carbocycles. The average molecular weight is 252 g/mol. The molecule has 2 amide bonds. The van der Waals surface area contributed by atoms with Gasteiger partial charge < -0.3 is 10.2 Å². The van der Waals surface area contributed by atoms with Crippen molar-refractivity contribution < 1.29 is 9.59 Å². The molecule has 1 aliphatic heterocycles. The topological polar surface area (TPSA) is 49.4 Å². The number of rotatable bonds is 4. The van der Waals surface area contributed by atoms with E-state index in [1.165, 1.54) is 19.3 Å². The quantitative estimate of drug-likeness (QED) is 0.827. The summed E-state index contributed by atoms with van der Waals surface area (Å²) in [6.07, 6.45) is 5.00. The minimum Gasteiger partial charge on any atom is -0.342 e. The molecule has 4 nitrogen and oxygen atoms in total. The molecule has 0 bridgehead atoms. The third kappa shape index (κ3) is 2.02. The molecule has 1 N–H and O–H groups in total. The monoisotopic (exact) mass is 252 g/mol. The fourth-order valence-electron chi connectivity index (χ4n) is 2.78. The number of carbonyl (C=O) groups is 2. The highest BCUT2D eigenvalue weighted by atomic mass is 16.2. The lowest BCUT2D eigenvalue weighted by Crippen LogP contribution is -2.69. The Balaban J connectivity index is 2.21. The van der Waals surface area contributed by atoms with Gasteiger partial charge in [0.1, 0.15) is 11.6 Å². The molecule has 1 saturated heterocycles. The molecule has 1 saturated carbocycles. The fourth-order valence-corrected chi connectivity index (χ4v) is 2.78. The van der Waals surface area contributed by atoms with Gasteiger partial charge in [-0.1, -0.05) is 20.3 Å². The zero-order valence-electron chi connectivity index (χ0n) is 11.7. The van der Waals surface area contributed by atoms with Gasteiger partial charge in [-0.15, -0.1) is 0 Å². The van der Waals surface area contributed by atoms with Gasteiger partial charge in [0.05, 0.1) is 0 Å². The molecule has 2 atom stereocenters. The molecule has 0 radical (unpaired) electrons. The lowest BCUT2D eigenvalue weighted by molar-refractivity contribution is -0.158. The predicted molar refractivity (Wildman–Crippen MR) is 70.0 cm³/mol. The second-order valence-electron chi connectivity index (χ2n) is 5.81. The molecule has 0 aromatic rings. The van der Waals surface area contributed by atoms with E-state index in [2.05, 4.69) is 5.32 Å². The Morgan fingerprint density at radius 1 is 1.33 bits per heavy atom. The van der Waals surface area contributed by atoms with Gasteiger partial charge in [0.25, 0.3) is 0 Å². The zero-order chi connectivity index (χ0) is 13.3. The van der Waals surface area contributed by atoms with Crippen LogP contribution in [0.3, 0.4) is 0 Å². The van der Waals surface area contributed by atoms with Crippen LogP contribution in [-0.4, -0.2) is 34.8 Å². The standard InChI is InChI=1S/C14H24N2O2/c1-4-11-12(17)16(9-10-7-6-8-10)14(3,5-2)13(18)15-11/h10-11H,4-9H2,1-3H3,(H,15,18). The number of piperazine rings is 1. The van der Waals surface area contributed by atoms with Crippen molar-refractivity contribution >= 4 is 11.8 Å². The summed E-state index contributed by atoms with van der Waals surface area (Å²) in [7, 11) is 0. The highest BCUT2D eigenvalue weighted by molar-refractivity contribution is 5.99. The van der Waals surface area contributed by atoms with Gasteiger partial charge >= 0.3 is 0 Å². The second-order valence-corrected chi connectivity index (χ2v) is 5.81. The molecule has 2 aliphatic rings. The summed E-state index contributed by atoms with van der Waals surface area (Å²) in [5.41, 5.74) is -0.654. The molecular weight excluding hydrogens is 228 g/mol. The van der Waals surface area contributed by atoms with Gasteiger partial charge in [0.15, 0.2) is 0 Å². The normalized spacial score (nSPS) is 33.3. The van der Waals surface area contributed by atoms with Crippen molar-refractivity contribution in [2.24, 2.45) is 5.92 Å². The van der Waals surface area contributed by atoms with E-state index in [1.54, 1.807) is 0 Å². The molecule has 1 heterocycles. The van der Waals surface area contributed by atoms with E-state index < -0.39 is 5.54 Å². The van der Waals surface area contributed by atoms with Crippen molar-refractivity contribution in [1.29, 1.82) is 0 Å². The second kappa shape index (κ2) is 4.90. The molecule has 0 spiro atoms. The van der Waals surface area contributed by atoms with Crippen molar-refractivity contribution in [3.05, 3.63) is 0 Å². The number of carbonyl (C=O) groups excluding carboxylic acids is 2. The smallest absolute Gasteiger partial charge is 0.246 e. The van der Waals surface area contributed by atoms with E-state index in [4.69, 9.17) is 0 Å². The third-order valence-corrected chi connectivity index (χ3v) is 4.72. The third-order valence-electron chi connectivity index (χ3n) is 4.72. The maximum Gasteiger partial charge on any atom is 0.246 e. The van der Waals surface area contributed by atoms with E-state index in [0.717, 1.165) is 6.54 Å². The first-order valence-corrected chi connectivity index (χ1v) is 7.15. The number of hydrogen-bond acceptors (Lipinski definition) is 2. The van der Waals surface area contributed by atoms with Gasteiger partial charge in [0.2, 0.25) is 11.8 Å². The van der Waals surface area contributed by atoms with Crippen LogP contribution in [0, 0.1) is 5.92 Å². The van der Waals surface area contributed by atoms with E-state index in [1.807, 2.05) is 25.7 Å². The first kappa shape index (κ1) is 13.4. The van der Waals surface area contributed by atoms with Crippen molar-refractivity contribution in [2.75, 3.05) is 6.54 Å². The SMILES string of the molecule is CCC1NC(=O)C(C)(CC)N(CC2CCC2)C1=O. The zero-order valence-corrected chi connectivity index (χ0v) is 11.7. The Hall–Kier alpha value is -1.06. The largest absolute Gasteiger partial charge is 0.342 e. The first-order valence-electron chi connectivity index (χ1n) is 7.15. The number of hydrogen-bond donors (Lipinski definition) is 1. The maximum absolute atomic E-state index is 12.5. The Morgan fingerprint density at radius 2 is 2.00 bits per heavy atom. The summed E-state index contributed by atoms with van der Waals surface area (Å²) in [5, 5.41) is 2.87. The van der Waals surface area contributed by atoms with Crippen LogP contribution < -0.4 is 5.32 Å². The number of nitrogens with zero attached hydrogens (tertiary/aromatic N) is 1. The lowest BCUT2D eigenvalue weighted by atomic mass is 9.82. The minimum absolute atomic E-state index is 0.00998. The molecule has 18 heavy (non-hydrogen) atoms. The van der Waals surface area contributed by atoms with Crippen LogP contribution in [0.2, 0.25) is 0 Å². The average Bonchev–Trinajstić information content (AvgIpc) is 2.31. The van der Waals surface area contributed by atoms with Gasteiger partial charge in [-0.05, 0) is 38.5 Å². The van der Waals surface area contributed by atoms with Crippen LogP contribution in [0.25, 0.3) is 0 Å². The summed E-state index contributed by atoms with van der Waals surface area (Å²) in [4.78, 5) is 26.6. The predicted octanol–water partition coefficient (Wildman–Crippen LogP) is 1.69. The Morgan fingerprint density at radius 3 is 2.44 bits per heavy atom. The van der Waals surface area contributed by atoms with Crippen molar-refractivity contribution in [3.63, 3.8) is 0 Å². The maximum atomic E-state index is 12.5. The van der Waals surface area contributed by atoms with Gasteiger partial charge in [-0.2, -0.15) is 0 Å². The molecule has 0 aromatic heterocycles. The van der Waals surface area contributed by atoms with Crippen LogP contribution in [0.1, 0.15) is 52.9 Å². The van der Waals surface area contributed by atoms with Crippen LogP contribution in [0.15, 0.2) is 0 Å². The minimum atomic E-state index is -0.654. The summed E-state index contributed by atoms with van der Waals surface area (Å²) in [5.74, 6) is 0.715. The summed E-state index contributed by atoms with van der Waals surface area (Å²) in [6, 6.07) is -0.322. The van der Waals surface area contributed by atoms with Crippen LogP contribution in [0.5, 0.6) is 0 Å². The molecule has 2 rings (SSSR count). The van der Waals surface area contributed by atoms with Crippen molar-refractivity contribution in [3.8, 4) is 0 Å². The molecular formula is C14H24N2O2. The lowest BCUT2D eigenvalue weighted by Gasteiger charge is -2.48. The summed E-state index contributed by atoms with van der Waals surface area (Å²) < 4.78 is 0. The van der Waals surface area contributed by atoms with Crippen LogP contribution >= 0.6 is 0 Å². The van der Waals surface area contributed by atoms with Crippen LogP contribution in [0.4, 0.5) is 0 Å². The molecule has 102 valence electrons. The number of nitrogens with one attached hydrogen (secondary N) is 1. The number of amides is 2. The molecule has 4 heteroatoms. The van der Waals surface area contributed by atoms with Crippen molar-refractivity contribution in [2.45, 2.75) is 64.5 Å². The van der Waals surface area contributed by atoms with Gasteiger partial charge in [-0.25, -0.2) is 0 Å². The van der Waals surface area contributed by atoms with Crippen molar-refractivity contribution in [1.82, 2.24) is 10.2 Å².